The van der Waals surface area contributed by atoms with E-state index in [2.05, 4.69) is 10.3 Å². The van der Waals surface area contributed by atoms with Crippen LogP contribution in [0.4, 0.5) is 5.69 Å². The Morgan fingerprint density at radius 2 is 1.93 bits per heavy atom. The van der Waals surface area contributed by atoms with Crippen molar-refractivity contribution >= 4 is 11.6 Å². The zero-order valence-corrected chi connectivity index (χ0v) is 8.45. The third-order valence-electron chi connectivity index (χ3n) is 2.11. The van der Waals surface area contributed by atoms with Crippen molar-refractivity contribution in [3.63, 3.8) is 0 Å². The molecule has 0 aliphatic carbocycles. The molecule has 0 aliphatic heterocycles. The Morgan fingerprint density at radius 1 is 1.20 bits per heavy atom. The van der Waals surface area contributed by atoms with Crippen molar-refractivity contribution in [1.29, 1.82) is 0 Å². The van der Waals surface area contributed by atoms with E-state index in [1.54, 1.807) is 0 Å². The van der Waals surface area contributed by atoms with E-state index in [0.717, 1.165) is 16.9 Å². The van der Waals surface area contributed by atoms with Crippen LogP contribution in [0.1, 0.15) is 6.92 Å². The third kappa shape index (κ3) is 2.26. The summed E-state index contributed by atoms with van der Waals surface area (Å²) in [4.78, 5) is 13.9. The summed E-state index contributed by atoms with van der Waals surface area (Å²) in [7, 11) is 0. The summed E-state index contributed by atoms with van der Waals surface area (Å²) in [6.07, 6.45) is 1.89. The number of anilines is 1. The predicted molar refractivity (Wildman–Crippen MR) is 60.5 cm³/mol. The van der Waals surface area contributed by atoms with Gasteiger partial charge in [-0.15, -0.1) is 0 Å². The number of benzene rings is 1. The van der Waals surface area contributed by atoms with Crippen LogP contribution in [0.3, 0.4) is 0 Å². The molecule has 1 aromatic heterocycles. The van der Waals surface area contributed by atoms with E-state index >= 15 is 0 Å². The number of aromatic nitrogens is 1. The highest BCUT2D eigenvalue weighted by Gasteiger charge is 1.98. The lowest BCUT2D eigenvalue weighted by atomic mass is 10.1. The van der Waals surface area contributed by atoms with E-state index in [0.29, 0.717) is 0 Å². The Hall–Kier alpha value is -2.03. The Balaban J connectivity index is 2.21. The minimum absolute atomic E-state index is 0.0531. The van der Waals surface area contributed by atoms with E-state index < -0.39 is 0 Å². The number of nitrogens with one attached hydrogen (secondary N) is 2. The number of H-pyrrole nitrogens is 1. The van der Waals surface area contributed by atoms with Gasteiger partial charge in [0, 0.05) is 24.5 Å². The molecule has 2 aromatic rings. The Labute approximate surface area is 88.1 Å². The first-order valence-electron chi connectivity index (χ1n) is 4.77. The van der Waals surface area contributed by atoms with Crippen LogP contribution in [0.25, 0.3) is 11.3 Å². The van der Waals surface area contributed by atoms with Crippen LogP contribution < -0.4 is 5.32 Å². The second kappa shape index (κ2) is 4.00. The molecule has 3 heteroatoms. The van der Waals surface area contributed by atoms with Crippen LogP contribution >= 0.6 is 0 Å². The molecule has 2 N–H and O–H groups in total. The number of amides is 1. The number of rotatable bonds is 2. The van der Waals surface area contributed by atoms with Gasteiger partial charge in [-0.25, -0.2) is 0 Å². The molecular weight excluding hydrogens is 188 g/mol. The number of carbonyl (C=O) groups excluding carboxylic acids is 1. The van der Waals surface area contributed by atoms with Crippen molar-refractivity contribution in [3.05, 3.63) is 42.6 Å². The quantitative estimate of drug-likeness (QED) is 0.769. The molecule has 1 heterocycles. The third-order valence-corrected chi connectivity index (χ3v) is 2.11. The Kier molecular flexibility index (Phi) is 2.54. The maximum Gasteiger partial charge on any atom is 0.221 e. The van der Waals surface area contributed by atoms with Gasteiger partial charge in [0.25, 0.3) is 0 Å². The largest absolute Gasteiger partial charge is 0.361 e. The molecule has 76 valence electrons. The average molecular weight is 200 g/mol. The van der Waals surface area contributed by atoms with E-state index in [9.17, 15) is 4.79 Å². The summed E-state index contributed by atoms with van der Waals surface area (Å²) in [5.41, 5.74) is 3.00. The van der Waals surface area contributed by atoms with E-state index in [1.165, 1.54) is 6.92 Å². The SMILES string of the molecule is CC(=O)Nc1ccc(-c2ccc[nH]2)cc1. The first-order valence-corrected chi connectivity index (χ1v) is 4.77. The molecule has 0 saturated carbocycles. The fraction of sp³-hybridized carbons (Fsp3) is 0.0833. The summed E-state index contributed by atoms with van der Waals surface area (Å²) in [6.45, 7) is 1.50. The number of carbonyl (C=O) groups is 1. The van der Waals surface area contributed by atoms with Crippen molar-refractivity contribution in [2.45, 2.75) is 6.92 Å². The Bertz CT molecular complexity index is 443. The number of hydrogen-bond donors (Lipinski definition) is 2. The molecule has 0 bridgehead atoms. The summed E-state index contributed by atoms with van der Waals surface area (Å²) in [6, 6.07) is 11.7. The van der Waals surface area contributed by atoms with Crippen LogP contribution in [0, 0.1) is 0 Å². The number of aromatic amines is 1. The van der Waals surface area contributed by atoms with Crippen LogP contribution in [0.5, 0.6) is 0 Å². The zero-order valence-electron chi connectivity index (χ0n) is 8.45. The molecule has 0 fully saturated rings. The molecule has 2 rings (SSSR count). The Morgan fingerprint density at radius 3 is 2.47 bits per heavy atom. The van der Waals surface area contributed by atoms with Crippen LogP contribution in [0.2, 0.25) is 0 Å². The highest BCUT2D eigenvalue weighted by atomic mass is 16.1. The van der Waals surface area contributed by atoms with Gasteiger partial charge in [-0.1, -0.05) is 12.1 Å². The maximum atomic E-state index is 10.8. The molecule has 0 atom stereocenters. The van der Waals surface area contributed by atoms with Gasteiger partial charge in [0.1, 0.15) is 0 Å². The molecular formula is C12H12N2O. The van der Waals surface area contributed by atoms with Crippen LogP contribution in [0.15, 0.2) is 42.6 Å². The normalized spacial score (nSPS) is 9.93. The van der Waals surface area contributed by atoms with Gasteiger partial charge in [0.15, 0.2) is 0 Å². The molecule has 1 amide bonds. The molecule has 1 aromatic carbocycles. The minimum atomic E-state index is -0.0531. The fourth-order valence-electron chi connectivity index (χ4n) is 1.45. The van der Waals surface area contributed by atoms with E-state index in [4.69, 9.17) is 0 Å². The van der Waals surface area contributed by atoms with Crippen molar-refractivity contribution in [2.24, 2.45) is 0 Å². The van der Waals surface area contributed by atoms with Gasteiger partial charge in [0.05, 0.1) is 0 Å². The topological polar surface area (TPSA) is 44.9 Å². The van der Waals surface area contributed by atoms with E-state index in [1.807, 2.05) is 42.6 Å². The average Bonchev–Trinajstić information content (AvgIpc) is 2.71. The van der Waals surface area contributed by atoms with Crippen molar-refractivity contribution in [2.75, 3.05) is 5.32 Å². The van der Waals surface area contributed by atoms with Crippen LogP contribution in [-0.2, 0) is 4.79 Å². The van der Waals surface area contributed by atoms with Gasteiger partial charge in [-0.3, -0.25) is 4.79 Å². The standard InChI is InChI=1S/C12H12N2O/c1-9(15)14-11-6-4-10(5-7-11)12-3-2-8-13-12/h2-8,13H,1H3,(H,14,15). The van der Waals surface area contributed by atoms with Gasteiger partial charge >= 0.3 is 0 Å². The molecule has 0 saturated heterocycles. The lowest BCUT2D eigenvalue weighted by Crippen LogP contribution is -2.05. The second-order valence-electron chi connectivity index (χ2n) is 3.34. The molecule has 0 unspecified atom stereocenters. The van der Waals surface area contributed by atoms with Gasteiger partial charge < -0.3 is 10.3 Å². The number of hydrogen-bond acceptors (Lipinski definition) is 1. The van der Waals surface area contributed by atoms with Gasteiger partial charge in [-0.05, 0) is 29.8 Å². The predicted octanol–water partition coefficient (Wildman–Crippen LogP) is 2.64. The van der Waals surface area contributed by atoms with E-state index in [-0.39, 0.29) is 5.91 Å². The van der Waals surface area contributed by atoms with Crippen molar-refractivity contribution < 1.29 is 4.79 Å². The summed E-state index contributed by atoms with van der Waals surface area (Å²) < 4.78 is 0. The van der Waals surface area contributed by atoms with Gasteiger partial charge in [0.2, 0.25) is 5.91 Å². The lowest BCUT2D eigenvalue weighted by Gasteiger charge is -2.03. The molecule has 0 aliphatic rings. The molecule has 0 radical (unpaired) electrons. The zero-order chi connectivity index (χ0) is 10.7. The maximum absolute atomic E-state index is 10.8. The fourth-order valence-corrected chi connectivity index (χ4v) is 1.45. The summed E-state index contributed by atoms with van der Waals surface area (Å²) in [5.74, 6) is -0.0531. The lowest BCUT2D eigenvalue weighted by molar-refractivity contribution is -0.114. The monoisotopic (exact) mass is 200 g/mol. The highest BCUT2D eigenvalue weighted by Crippen LogP contribution is 2.19. The van der Waals surface area contributed by atoms with Gasteiger partial charge in [-0.2, -0.15) is 0 Å². The van der Waals surface area contributed by atoms with Crippen molar-refractivity contribution in [3.8, 4) is 11.3 Å². The minimum Gasteiger partial charge on any atom is -0.361 e. The summed E-state index contributed by atoms with van der Waals surface area (Å²) >= 11 is 0. The molecule has 15 heavy (non-hydrogen) atoms. The highest BCUT2D eigenvalue weighted by molar-refractivity contribution is 5.88. The molecule has 3 nitrogen and oxygen atoms in total. The van der Waals surface area contributed by atoms with Crippen molar-refractivity contribution in [1.82, 2.24) is 4.98 Å². The van der Waals surface area contributed by atoms with Crippen LogP contribution in [-0.4, -0.2) is 10.9 Å². The second-order valence-corrected chi connectivity index (χ2v) is 3.34. The molecule has 0 spiro atoms. The summed E-state index contributed by atoms with van der Waals surface area (Å²) in [5, 5.41) is 2.73. The smallest absolute Gasteiger partial charge is 0.221 e. The first-order chi connectivity index (χ1) is 7.25. The first kappa shape index (κ1) is 9.52.